The molecule has 2 aromatic carbocycles. The molecule has 0 radical (unpaired) electrons. The number of benzene rings is 2. The predicted octanol–water partition coefficient (Wildman–Crippen LogP) is 3.98. The number of aromatic amines is 1. The van der Waals surface area contributed by atoms with Crippen molar-refractivity contribution in [3.63, 3.8) is 0 Å². The first kappa shape index (κ1) is 18.7. The van der Waals surface area contributed by atoms with Crippen molar-refractivity contribution in [2.45, 2.75) is 33.1 Å². The Balaban J connectivity index is 1.73. The van der Waals surface area contributed by atoms with Crippen LogP contribution in [0.4, 0.5) is 5.69 Å². The maximum atomic E-state index is 12.4. The van der Waals surface area contributed by atoms with Crippen LogP contribution in [0.25, 0.3) is 10.9 Å². The topological polar surface area (TPSA) is 71.2 Å². The van der Waals surface area contributed by atoms with E-state index in [0.29, 0.717) is 12.0 Å². The maximum Gasteiger partial charge on any atom is 0.251 e. The van der Waals surface area contributed by atoms with Crippen LogP contribution in [0, 0.1) is 6.92 Å². The molecule has 0 fully saturated rings. The predicted molar refractivity (Wildman–Crippen MR) is 109 cm³/mol. The van der Waals surface area contributed by atoms with Gasteiger partial charge in [-0.25, -0.2) is 0 Å². The molecule has 5 nitrogen and oxygen atoms in total. The third kappa shape index (κ3) is 4.37. The summed E-state index contributed by atoms with van der Waals surface area (Å²) in [5.41, 5.74) is 4.21. The quantitative estimate of drug-likeness (QED) is 0.695. The van der Waals surface area contributed by atoms with E-state index < -0.39 is 0 Å². The molecule has 1 heterocycles. The first-order chi connectivity index (χ1) is 13.0. The molecule has 0 bridgehead atoms. The standard InChI is InChI=1S/C22H24N2O3/c1-4-15-6-5-14(2)20(11-15)23-21(25)10-7-16-12-17-13-18(27-3)8-9-19(17)24-22(16)26/h5-6,8-9,11-13H,4,7,10H2,1-3H3,(H,23,25)(H,24,26). The highest BCUT2D eigenvalue weighted by Gasteiger charge is 2.09. The summed E-state index contributed by atoms with van der Waals surface area (Å²) in [7, 11) is 1.60. The summed E-state index contributed by atoms with van der Waals surface area (Å²) in [6, 6.07) is 13.4. The molecule has 0 aliphatic rings. The molecular formula is C22H24N2O3. The zero-order chi connectivity index (χ0) is 19.4. The number of nitrogens with one attached hydrogen (secondary N) is 2. The zero-order valence-electron chi connectivity index (χ0n) is 15.9. The summed E-state index contributed by atoms with van der Waals surface area (Å²) in [4.78, 5) is 27.5. The van der Waals surface area contributed by atoms with E-state index in [9.17, 15) is 9.59 Å². The summed E-state index contributed by atoms with van der Waals surface area (Å²) in [5, 5.41) is 3.84. The Morgan fingerprint density at radius 3 is 2.70 bits per heavy atom. The molecule has 0 unspecified atom stereocenters. The van der Waals surface area contributed by atoms with Gasteiger partial charge in [0.15, 0.2) is 0 Å². The molecule has 0 aliphatic carbocycles. The molecular weight excluding hydrogens is 340 g/mol. The number of aromatic nitrogens is 1. The summed E-state index contributed by atoms with van der Waals surface area (Å²) in [5.74, 6) is 0.626. The number of hydrogen-bond acceptors (Lipinski definition) is 3. The van der Waals surface area contributed by atoms with Crippen molar-refractivity contribution in [3.05, 3.63) is 69.5 Å². The van der Waals surface area contributed by atoms with E-state index in [1.165, 1.54) is 5.56 Å². The number of pyridine rings is 1. The fraction of sp³-hybridized carbons (Fsp3) is 0.273. The van der Waals surface area contributed by atoms with Crippen LogP contribution in [0.1, 0.15) is 30.0 Å². The van der Waals surface area contributed by atoms with Crippen molar-refractivity contribution in [1.82, 2.24) is 4.98 Å². The van der Waals surface area contributed by atoms with Crippen molar-refractivity contribution in [1.29, 1.82) is 0 Å². The van der Waals surface area contributed by atoms with E-state index in [2.05, 4.69) is 23.3 Å². The van der Waals surface area contributed by atoms with E-state index in [0.717, 1.165) is 34.3 Å². The maximum absolute atomic E-state index is 12.4. The molecule has 5 heteroatoms. The number of fused-ring (bicyclic) bond motifs is 1. The molecule has 3 rings (SSSR count). The minimum Gasteiger partial charge on any atom is -0.497 e. The number of ether oxygens (including phenoxy) is 1. The van der Waals surface area contributed by atoms with Gasteiger partial charge in [0, 0.05) is 28.6 Å². The lowest BCUT2D eigenvalue weighted by atomic mass is 10.1. The second kappa shape index (κ2) is 8.08. The largest absolute Gasteiger partial charge is 0.497 e. The van der Waals surface area contributed by atoms with Crippen LogP contribution in [0.3, 0.4) is 0 Å². The van der Waals surface area contributed by atoms with Gasteiger partial charge in [-0.05, 0) is 61.2 Å². The van der Waals surface area contributed by atoms with E-state index in [1.807, 2.05) is 37.3 Å². The van der Waals surface area contributed by atoms with Gasteiger partial charge >= 0.3 is 0 Å². The van der Waals surface area contributed by atoms with Gasteiger partial charge in [0.05, 0.1) is 7.11 Å². The van der Waals surface area contributed by atoms with Gasteiger partial charge < -0.3 is 15.0 Å². The monoisotopic (exact) mass is 364 g/mol. The highest BCUT2D eigenvalue weighted by Crippen LogP contribution is 2.20. The van der Waals surface area contributed by atoms with E-state index in [-0.39, 0.29) is 17.9 Å². The molecule has 1 aromatic heterocycles. The van der Waals surface area contributed by atoms with Gasteiger partial charge in [-0.2, -0.15) is 0 Å². The highest BCUT2D eigenvalue weighted by molar-refractivity contribution is 5.91. The second-order valence-electron chi connectivity index (χ2n) is 6.63. The Bertz CT molecular complexity index is 1040. The Hall–Kier alpha value is -3.08. The van der Waals surface area contributed by atoms with Gasteiger partial charge in [0.25, 0.3) is 5.56 Å². The first-order valence-corrected chi connectivity index (χ1v) is 9.09. The average Bonchev–Trinajstić information content (AvgIpc) is 2.67. The van der Waals surface area contributed by atoms with Crippen LogP contribution < -0.4 is 15.6 Å². The number of anilines is 1. The Morgan fingerprint density at radius 1 is 1.15 bits per heavy atom. The summed E-state index contributed by atoms with van der Waals surface area (Å²) < 4.78 is 5.23. The van der Waals surface area contributed by atoms with Crippen LogP contribution in [-0.4, -0.2) is 18.0 Å². The third-order valence-corrected chi connectivity index (χ3v) is 4.73. The summed E-state index contributed by atoms with van der Waals surface area (Å²) in [6.45, 7) is 4.05. The van der Waals surface area contributed by atoms with Crippen molar-refractivity contribution in [3.8, 4) is 5.75 Å². The van der Waals surface area contributed by atoms with Gasteiger partial charge in [-0.15, -0.1) is 0 Å². The van der Waals surface area contributed by atoms with Crippen LogP contribution in [0.5, 0.6) is 5.75 Å². The van der Waals surface area contributed by atoms with Gasteiger partial charge in [-0.1, -0.05) is 19.1 Å². The zero-order valence-corrected chi connectivity index (χ0v) is 15.9. The Morgan fingerprint density at radius 2 is 1.96 bits per heavy atom. The number of methoxy groups -OCH3 is 1. The molecule has 27 heavy (non-hydrogen) atoms. The smallest absolute Gasteiger partial charge is 0.251 e. The van der Waals surface area contributed by atoms with Gasteiger partial charge in [0.2, 0.25) is 5.91 Å². The second-order valence-corrected chi connectivity index (χ2v) is 6.63. The Labute approximate surface area is 158 Å². The van der Waals surface area contributed by atoms with Crippen molar-refractivity contribution in [2.75, 3.05) is 12.4 Å². The molecule has 0 spiro atoms. The van der Waals surface area contributed by atoms with E-state index in [4.69, 9.17) is 4.74 Å². The van der Waals surface area contributed by atoms with Crippen molar-refractivity contribution < 1.29 is 9.53 Å². The molecule has 0 saturated heterocycles. The minimum atomic E-state index is -0.162. The summed E-state index contributed by atoms with van der Waals surface area (Å²) in [6.07, 6.45) is 1.54. The lowest BCUT2D eigenvalue weighted by molar-refractivity contribution is -0.116. The molecule has 140 valence electrons. The fourth-order valence-electron chi connectivity index (χ4n) is 3.03. The lowest BCUT2D eigenvalue weighted by Crippen LogP contribution is -2.17. The number of hydrogen-bond donors (Lipinski definition) is 2. The fourth-order valence-corrected chi connectivity index (χ4v) is 3.03. The van der Waals surface area contributed by atoms with Crippen molar-refractivity contribution in [2.24, 2.45) is 0 Å². The Kier molecular flexibility index (Phi) is 5.60. The van der Waals surface area contributed by atoms with E-state index >= 15 is 0 Å². The highest BCUT2D eigenvalue weighted by atomic mass is 16.5. The van der Waals surface area contributed by atoms with Crippen molar-refractivity contribution >= 4 is 22.5 Å². The lowest BCUT2D eigenvalue weighted by Gasteiger charge is -2.10. The number of carbonyl (C=O) groups excluding carboxylic acids is 1. The molecule has 0 aliphatic heterocycles. The minimum absolute atomic E-state index is 0.100. The third-order valence-electron chi connectivity index (χ3n) is 4.73. The van der Waals surface area contributed by atoms with Crippen LogP contribution in [0.15, 0.2) is 47.3 Å². The van der Waals surface area contributed by atoms with Crippen LogP contribution in [-0.2, 0) is 17.6 Å². The number of carbonyl (C=O) groups is 1. The number of rotatable bonds is 6. The van der Waals surface area contributed by atoms with Gasteiger partial charge in [-0.3, -0.25) is 9.59 Å². The van der Waals surface area contributed by atoms with Gasteiger partial charge in [0.1, 0.15) is 5.75 Å². The number of H-pyrrole nitrogens is 1. The molecule has 3 aromatic rings. The van der Waals surface area contributed by atoms with Crippen LogP contribution >= 0.6 is 0 Å². The number of aryl methyl sites for hydroxylation is 3. The number of amides is 1. The van der Waals surface area contributed by atoms with Crippen LogP contribution in [0.2, 0.25) is 0 Å². The molecule has 0 atom stereocenters. The summed E-state index contributed by atoms with van der Waals surface area (Å²) >= 11 is 0. The molecule has 1 amide bonds. The molecule has 2 N–H and O–H groups in total. The average molecular weight is 364 g/mol. The SMILES string of the molecule is CCc1ccc(C)c(NC(=O)CCc2cc3cc(OC)ccc3[nH]c2=O)c1. The first-order valence-electron chi connectivity index (χ1n) is 9.09. The van der Waals surface area contributed by atoms with E-state index in [1.54, 1.807) is 13.2 Å². The normalized spacial score (nSPS) is 10.8. The molecule has 0 saturated carbocycles.